The Labute approximate surface area is 182 Å². The summed E-state index contributed by atoms with van der Waals surface area (Å²) < 4.78 is 30.9. The minimum absolute atomic E-state index is 0.0505. The van der Waals surface area contributed by atoms with Crippen molar-refractivity contribution in [2.45, 2.75) is 23.8 Å². The monoisotopic (exact) mass is 493 g/mol. The number of nitriles is 1. The number of aliphatic carboxylic acids is 1. The van der Waals surface area contributed by atoms with Gasteiger partial charge in [-0.05, 0) is 39.8 Å². The Morgan fingerprint density at radius 3 is 2.60 bits per heavy atom. The van der Waals surface area contributed by atoms with Crippen LogP contribution >= 0.6 is 27.7 Å². The van der Waals surface area contributed by atoms with E-state index in [1.54, 1.807) is 36.4 Å². The van der Waals surface area contributed by atoms with Crippen molar-refractivity contribution in [1.29, 1.82) is 5.26 Å². The second-order valence-electron chi connectivity index (χ2n) is 6.47. The molecule has 2 aromatic carbocycles. The lowest BCUT2D eigenvalue weighted by molar-refractivity contribution is -0.145. The van der Waals surface area contributed by atoms with Crippen LogP contribution in [0.2, 0.25) is 0 Å². The lowest BCUT2D eigenvalue weighted by Crippen LogP contribution is -2.28. The van der Waals surface area contributed by atoms with Crippen molar-refractivity contribution in [3.63, 3.8) is 0 Å². The predicted molar refractivity (Wildman–Crippen MR) is 111 cm³/mol. The SMILES string of the molecule is C[C@H](CC(=O)C(F)(F)Sc1ncc(Br)n1-c1ccc(C#N)c2ccccc12)C(=O)O. The maximum atomic E-state index is 14.6. The summed E-state index contributed by atoms with van der Waals surface area (Å²) in [5.74, 6) is -4.03. The van der Waals surface area contributed by atoms with Gasteiger partial charge >= 0.3 is 11.2 Å². The van der Waals surface area contributed by atoms with Gasteiger partial charge in [-0.15, -0.1) is 0 Å². The van der Waals surface area contributed by atoms with Gasteiger partial charge in [-0.1, -0.05) is 31.2 Å². The molecule has 0 aliphatic rings. The molecule has 1 atom stereocenters. The van der Waals surface area contributed by atoms with E-state index in [0.29, 0.717) is 26.6 Å². The third-order valence-electron chi connectivity index (χ3n) is 4.41. The van der Waals surface area contributed by atoms with Crippen LogP contribution in [0.1, 0.15) is 18.9 Å². The number of nitrogens with zero attached hydrogens (tertiary/aromatic N) is 3. The third kappa shape index (κ3) is 4.22. The number of Topliss-reactive ketones (excluding diaryl/α,β-unsaturated/α-hetero) is 1. The number of rotatable bonds is 7. The van der Waals surface area contributed by atoms with E-state index in [-0.39, 0.29) is 16.9 Å². The van der Waals surface area contributed by atoms with Crippen LogP contribution in [0.15, 0.2) is 52.4 Å². The number of alkyl halides is 2. The Hall–Kier alpha value is -2.77. The number of carboxylic acid groups (broad SMARTS) is 1. The van der Waals surface area contributed by atoms with Gasteiger partial charge < -0.3 is 5.11 Å². The summed E-state index contributed by atoms with van der Waals surface area (Å²) in [7, 11) is 0. The normalized spacial score (nSPS) is 12.5. The summed E-state index contributed by atoms with van der Waals surface area (Å²) >= 11 is 3.24. The van der Waals surface area contributed by atoms with E-state index in [1.807, 2.05) is 0 Å². The number of imidazole rings is 1. The molecule has 0 saturated carbocycles. The Morgan fingerprint density at radius 1 is 1.30 bits per heavy atom. The number of halogens is 3. The van der Waals surface area contributed by atoms with Crippen LogP contribution < -0.4 is 0 Å². The molecule has 0 amide bonds. The van der Waals surface area contributed by atoms with Gasteiger partial charge in [-0.2, -0.15) is 14.0 Å². The zero-order chi connectivity index (χ0) is 22.1. The molecule has 0 saturated heterocycles. The molecule has 0 aliphatic carbocycles. The first-order valence-corrected chi connectivity index (χ1v) is 10.2. The topological polar surface area (TPSA) is 96.0 Å². The molecule has 30 heavy (non-hydrogen) atoms. The van der Waals surface area contributed by atoms with Crippen LogP contribution in [-0.4, -0.2) is 31.7 Å². The van der Waals surface area contributed by atoms with E-state index in [2.05, 4.69) is 27.0 Å². The van der Waals surface area contributed by atoms with Crippen LogP contribution in [0.4, 0.5) is 8.78 Å². The maximum Gasteiger partial charge on any atom is 0.358 e. The third-order valence-corrected chi connectivity index (χ3v) is 5.92. The highest BCUT2D eigenvalue weighted by Gasteiger charge is 2.42. The molecular formula is C20H14BrF2N3O3S. The fraction of sp³-hybridized carbons (Fsp3) is 0.200. The molecule has 0 spiro atoms. The molecule has 6 nitrogen and oxygen atoms in total. The largest absolute Gasteiger partial charge is 0.481 e. The minimum atomic E-state index is -3.87. The Morgan fingerprint density at radius 2 is 1.97 bits per heavy atom. The summed E-state index contributed by atoms with van der Waals surface area (Å²) in [6.07, 6.45) is 0.534. The summed E-state index contributed by atoms with van der Waals surface area (Å²) in [6, 6.07) is 12.3. The van der Waals surface area contributed by atoms with E-state index in [4.69, 9.17) is 5.11 Å². The predicted octanol–water partition coefficient (Wildman–Crippen LogP) is 5.02. The standard InChI is InChI=1S/C20H14BrF2N3O3S/c1-11(18(28)29)8-16(27)20(22,23)30-19-25-10-17(21)26(19)15-7-6-12(9-24)13-4-2-3-5-14(13)15/h2-7,10-11H,8H2,1H3,(H,28,29)/t11-/m1/s1. The van der Waals surface area contributed by atoms with E-state index < -0.39 is 29.3 Å². The van der Waals surface area contributed by atoms with Gasteiger partial charge in [0.2, 0.25) is 5.78 Å². The molecule has 10 heteroatoms. The summed E-state index contributed by atoms with van der Waals surface area (Å²) in [5, 5.41) is 15.5. The number of carbonyl (C=O) groups excluding carboxylic acids is 1. The minimum Gasteiger partial charge on any atom is -0.481 e. The molecule has 0 radical (unpaired) electrons. The molecule has 154 valence electrons. The molecule has 0 fully saturated rings. The number of benzene rings is 2. The number of ketones is 1. The Balaban J connectivity index is 2.03. The van der Waals surface area contributed by atoms with Crippen LogP contribution in [0.5, 0.6) is 0 Å². The molecule has 3 rings (SSSR count). The van der Waals surface area contributed by atoms with Gasteiger partial charge in [0.1, 0.15) is 4.60 Å². The lowest BCUT2D eigenvalue weighted by Gasteiger charge is -2.17. The Kier molecular flexibility index (Phi) is 6.24. The zero-order valence-corrected chi connectivity index (χ0v) is 17.9. The summed E-state index contributed by atoms with van der Waals surface area (Å²) in [6.45, 7) is 1.20. The number of carboxylic acids is 1. The van der Waals surface area contributed by atoms with Crippen LogP contribution in [0.25, 0.3) is 16.5 Å². The molecule has 1 aromatic heterocycles. The van der Waals surface area contributed by atoms with Gasteiger partial charge in [-0.3, -0.25) is 14.2 Å². The van der Waals surface area contributed by atoms with Crippen LogP contribution in [-0.2, 0) is 9.59 Å². The first-order valence-electron chi connectivity index (χ1n) is 8.64. The number of hydrogen-bond acceptors (Lipinski definition) is 5. The van der Waals surface area contributed by atoms with E-state index >= 15 is 0 Å². The highest BCUT2D eigenvalue weighted by Crippen LogP contribution is 2.40. The molecule has 1 heterocycles. The fourth-order valence-corrected chi connectivity index (χ4v) is 4.24. The van der Waals surface area contributed by atoms with Crippen molar-refractivity contribution in [3.05, 3.63) is 52.8 Å². The molecular weight excluding hydrogens is 480 g/mol. The number of carbonyl (C=O) groups is 2. The second kappa shape index (κ2) is 8.53. The lowest BCUT2D eigenvalue weighted by atomic mass is 10.0. The van der Waals surface area contributed by atoms with Crippen molar-refractivity contribution in [2.24, 2.45) is 5.92 Å². The Bertz CT molecular complexity index is 1190. The molecule has 1 N–H and O–H groups in total. The van der Waals surface area contributed by atoms with Crippen molar-refractivity contribution >= 4 is 50.2 Å². The highest BCUT2D eigenvalue weighted by molar-refractivity contribution is 9.10. The van der Waals surface area contributed by atoms with Gasteiger partial charge in [-0.25, -0.2) is 4.98 Å². The summed E-state index contributed by atoms with van der Waals surface area (Å²) in [4.78, 5) is 26.9. The van der Waals surface area contributed by atoms with E-state index in [1.165, 1.54) is 17.7 Å². The number of thioether (sulfide) groups is 1. The van der Waals surface area contributed by atoms with Gasteiger partial charge in [0, 0.05) is 17.2 Å². The van der Waals surface area contributed by atoms with Gasteiger partial charge in [0.05, 0.1) is 29.4 Å². The van der Waals surface area contributed by atoms with Crippen molar-refractivity contribution in [1.82, 2.24) is 9.55 Å². The highest BCUT2D eigenvalue weighted by atomic mass is 79.9. The van der Waals surface area contributed by atoms with Crippen molar-refractivity contribution in [2.75, 3.05) is 0 Å². The van der Waals surface area contributed by atoms with Gasteiger partial charge in [0.25, 0.3) is 0 Å². The average molecular weight is 494 g/mol. The van der Waals surface area contributed by atoms with Crippen LogP contribution in [0, 0.1) is 17.2 Å². The molecule has 0 bridgehead atoms. The van der Waals surface area contributed by atoms with Gasteiger partial charge in [0.15, 0.2) is 5.16 Å². The number of fused-ring (bicyclic) bond motifs is 1. The fourth-order valence-electron chi connectivity index (χ4n) is 2.84. The maximum absolute atomic E-state index is 14.6. The first-order chi connectivity index (χ1) is 14.2. The zero-order valence-electron chi connectivity index (χ0n) is 15.5. The first kappa shape index (κ1) is 21.9. The smallest absolute Gasteiger partial charge is 0.358 e. The molecule has 0 aliphatic heterocycles. The van der Waals surface area contributed by atoms with E-state index in [0.717, 1.165) is 0 Å². The molecule has 0 unspecified atom stereocenters. The molecule has 3 aromatic rings. The van der Waals surface area contributed by atoms with Crippen molar-refractivity contribution < 1.29 is 23.5 Å². The van der Waals surface area contributed by atoms with Crippen molar-refractivity contribution in [3.8, 4) is 11.8 Å². The summed E-state index contributed by atoms with van der Waals surface area (Å²) in [5.41, 5.74) is 0.932. The number of hydrogen-bond donors (Lipinski definition) is 1. The number of aromatic nitrogens is 2. The van der Waals surface area contributed by atoms with E-state index in [9.17, 15) is 23.6 Å². The second-order valence-corrected chi connectivity index (χ2v) is 8.37. The average Bonchev–Trinajstić information content (AvgIpc) is 3.06. The van der Waals surface area contributed by atoms with Crippen LogP contribution in [0.3, 0.4) is 0 Å². The quantitative estimate of drug-likeness (QED) is 0.464.